The number of aryl methyl sites for hydroxylation is 1. The lowest BCUT2D eigenvalue weighted by molar-refractivity contribution is 0.573. The first-order valence-corrected chi connectivity index (χ1v) is 8.12. The Bertz CT molecular complexity index is 629. The van der Waals surface area contributed by atoms with Gasteiger partial charge in [-0.3, -0.25) is 4.68 Å². The standard InChI is InChI=1S/C14H16BrClN4S/c1-10-12(16)4-2-5-13(10)19-14(21)17-6-3-7-20-9-11(15)8-18-20/h2,4-5,8-9H,3,6-7H2,1H3,(H2,17,19,21). The van der Waals surface area contributed by atoms with Gasteiger partial charge in [0.1, 0.15) is 0 Å². The third-order valence-corrected chi connectivity index (χ3v) is 4.03. The van der Waals surface area contributed by atoms with Crippen molar-refractivity contribution in [2.75, 3.05) is 11.9 Å². The largest absolute Gasteiger partial charge is 0.362 e. The summed E-state index contributed by atoms with van der Waals surface area (Å²) in [4.78, 5) is 0. The molecule has 1 aromatic carbocycles. The first kappa shape index (κ1) is 16.3. The maximum absolute atomic E-state index is 6.08. The van der Waals surface area contributed by atoms with Crippen LogP contribution in [0.2, 0.25) is 5.02 Å². The number of nitrogens with one attached hydrogen (secondary N) is 2. The van der Waals surface area contributed by atoms with Gasteiger partial charge < -0.3 is 10.6 Å². The van der Waals surface area contributed by atoms with Crippen molar-refractivity contribution in [2.24, 2.45) is 0 Å². The van der Waals surface area contributed by atoms with E-state index in [0.29, 0.717) is 5.11 Å². The van der Waals surface area contributed by atoms with E-state index >= 15 is 0 Å². The van der Waals surface area contributed by atoms with Crippen molar-refractivity contribution in [3.8, 4) is 0 Å². The van der Waals surface area contributed by atoms with Crippen LogP contribution in [0.3, 0.4) is 0 Å². The lowest BCUT2D eigenvalue weighted by Gasteiger charge is -2.13. The first-order valence-electron chi connectivity index (χ1n) is 6.54. The second kappa shape index (κ2) is 7.77. The zero-order chi connectivity index (χ0) is 15.2. The number of halogens is 2. The Labute approximate surface area is 143 Å². The average Bonchev–Trinajstić information content (AvgIpc) is 2.86. The van der Waals surface area contributed by atoms with Gasteiger partial charge in [0.25, 0.3) is 0 Å². The fourth-order valence-corrected chi connectivity index (χ4v) is 2.53. The van der Waals surface area contributed by atoms with E-state index in [1.165, 1.54) is 0 Å². The van der Waals surface area contributed by atoms with Crippen LogP contribution in [0.25, 0.3) is 0 Å². The van der Waals surface area contributed by atoms with E-state index in [1.54, 1.807) is 6.20 Å². The summed E-state index contributed by atoms with van der Waals surface area (Å²) in [5.41, 5.74) is 1.92. The van der Waals surface area contributed by atoms with Crippen LogP contribution in [0.4, 0.5) is 5.69 Å². The second-order valence-corrected chi connectivity index (χ2v) is 6.30. The summed E-state index contributed by atoms with van der Waals surface area (Å²) in [6.07, 6.45) is 4.66. The molecule has 0 atom stereocenters. The quantitative estimate of drug-likeness (QED) is 0.601. The fraction of sp³-hybridized carbons (Fsp3) is 0.286. The second-order valence-electron chi connectivity index (χ2n) is 4.57. The molecule has 0 fully saturated rings. The molecule has 21 heavy (non-hydrogen) atoms. The SMILES string of the molecule is Cc1c(Cl)cccc1NC(=S)NCCCn1cc(Br)cn1. The number of hydrogen-bond donors (Lipinski definition) is 2. The minimum atomic E-state index is 0.599. The van der Waals surface area contributed by atoms with Crippen molar-refractivity contribution in [2.45, 2.75) is 19.9 Å². The molecular formula is C14H16BrClN4S. The highest BCUT2D eigenvalue weighted by atomic mass is 79.9. The van der Waals surface area contributed by atoms with Crippen molar-refractivity contribution < 1.29 is 0 Å². The summed E-state index contributed by atoms with van der Waals surface area (Å²) in [5, 5.41) is 11.9. The molecule has 0 aliphatic carbocycles. The Hall–Kier alpha value is -1.11. The van der Waals surface area contributed by atoms with Gasteiger partial charge >= 0.3 is 0 Å². The van der Waals surface area contributed by atoms with Gasteiger partial charge in [-0.2, -0.15) is 5.10 Å². The summed E-state index contributed by atoms with van der Waals surface area (Å²) in [6, 6.07) is 5.72. The van der Waals surface area contributed by atoms with Crippen molar-refractivity contribution >= 4 is 50.5 Å². The zero-order valence-corrected chi connectivity index (χ0v) is 14.7. The maximum atomic E-state index is 6.08. The molecule has 7 heteroatoms. The van der Waals surface area contributed by atoms with Crippen LogP contribution in [-0.2, 0) is 6.54 Å². The van der Waals surface area contributed by atoms with Gasteiger partial charge in [-0.1, -0.05) is 17.7 Å². The molecule has 0 aliphatic rings. The predicted octanol–water partition coefficient (Wildman–Crippen LogP) is 3.98. The van der Waals surface area contributed by atoms with E-state index in [-0.39, 0.29) is 0 Å². The van der Waals surface area contributed by atoms with Crippen LogP contribution in [0.1, 0.15) is 12.0 Å². The molecule has 2 aromatic rings. The van der Waals surface area contributed by atoms with Gasteiger partial charge in [-0.25, -0.2) is 0 Å². The maximum Gasteiger partial charge on any atom is 0.170 e. The van der Waals surface area contributed by atoms with Crippen LogP contribution in [0.15, 0.2) is 35.1 Å². The van der Waals surface area contributed by atoms with Gasteiger partial charge in [0.05, 0.1) is 10.7 Å². The summed E-state index contributed by atoms with van der Waals surface area (Å²) in [5.74, 6) is 0. The lowest BCUT2D eigenvalue weighted by Crippen LogP contribution is -2.30. The van der Waals surface area contributed by atoms with Crippen LogP contribution >= 0.6 is 39.7 Å². The number of anilines is 1. The van der Waals surface area contributed by atoms with E-state index in [1.807, 2.05) is 36.0 Å². The summed E-state index contributed by atoms with van der Waals surface area (Å²) in [6.45, 7) is 3.59. The molecule has 0 amide bonds. The molecule has 0 bridgehead atoms. The van der Waals surface area contributed by atoms with E-state index in [4.69, 9.17) is 23.8 Å². The first-order chi connectivity index (χ1) is 10.1. The minimum absolute atomic E-state index is 0.599. The normalized spacial score (nSPS) is 10.4. The van der Waals surface area contributed by atoms with E-state index in [2.05, 4.69) is 31.7 Å². The minimum Gasteiger partial charge on any atom is -0.362 e. The van der Waals surface area contributed by atoms with Crippen molar-refractivity contribution in [3.63, 3.8) is 0 Å². The number of hydrogen-bond acceptors (Lipinski definition) is 2. The van der Waals surface area contributed by atoms with Crippen LogP contribution in [-0.4, -0.2) is 21.4 Å². The van der Waals surface area contributed by atoms with Crippen molar-refractivity contribution in [1.29, 1.82) is 0 Å². The van der Waals surface area contributed by atoms with Crippen molar-refractivity contribution in [3.05, 3.63) is 45.7 Å². The lowest BCUT2D eigenvalue weighted by atomic mass is 10.2. The van der Waals surface area contributed by atoms with Gasteiger partial charge in [0.2, 0.25) is 0 Å². The smallest absolute Gasteiger partial charge is 0.170 e. The molecule has 2 rings (SSSR count). The predicted molar refractivity (Wildman–Crippen MR) is 95.0 cm³/mol. The number of aromatic nitrogens is 2. The van der Waals surface area contributed by atoms with Crippen molar-refractivity contribution in [1.82, 2.24) is 15.1 Å². The van der Waals surface area contributed by atoms with E-state index in [0.717, 1.165) is 40.3 Å². The Morgan fingerprint density at radius 1 is 1.48 bits per heavy atom. The van der Waals surface area contributed by atoms with Gasteiger partial charge in [0, 0.05) is 30.0 Å². The number of thiocarbonyl (C=S) groups is 1. The molecule has 4 nitrogen and oxygen atoms in total. The van der Waals surface area contributed by atoms with Crippen LogP contribution in [0.5, 0.6) is 0 Å². The summed E-state index contributed by atoms with van der Waals surface area (Å²) >= 11 is 14.7. The molecule has 1 aromatic heterocycles. The molecule has 0 spiro atoms. The Kier molecular flexibility index (Phi) is 6.02. The molecule has 0 saturated carbocycles. The number of benzene rings is 1. The molecule has 0 radical (unpaired) electrons. The molecule has 0 saturated heterocycles. The van der Waals surface area contributed by atoms with E-state index < -0.39 is 0 Å². The molecule has 2 N–H and O–H groups in total. The van der Waals surface area contributed by atoms with Gasteiger partial charge in [-0.05, 0) is 59.2 Å². The zero-order valence-electron chi connectivity index (χ0n) is 11.6. The molecular weight excluding hydrogens is 372 g/mol. The monoisotopic (exact) mass is 386 g/mol. The molecule has 0 aliphatic heterocycles. The Balaban J connectivity index is 1.73. The third kappa shape index (κ3) is 4.98. The topological polar surface area (TPSA) is 41.9 Å². The summed E-state index contributed by atoms with van der Waals surface area (Å²) in [7, 11) is 0. The van der Waals surface area contributed by atoms with Crippen LogP contribution < -0.4 is 10.6 Å². The Morgan fingerprint density at radius 2 is 2.29 bits per heavy atom. The third-order valence-electron chi connectivity index (χ3n) is 2.97. The summed E-state index contributed by atoms with van der Waals surface area (Å²) < 4.78 is 2.88. The van der Waals surface area contributed by atoms with Crippen LogP contribution in [0, 0.1) is 6.92 Å². The highest BCUT2D eigenvalue weighted by molar-refractivity contribution is 9.10. The number of nitrogens with zero attached hydrogens (tertiary/aromatic N) is 2. The average molecular weight is 388 g/mol. The number of rotatable bonds is 5. The van der Waals surface area contributed by atoms with E-state index in [9.17, 15) is 0 Å². The highest BCUT2D eigenvalue weighted by Crippen LogP contribution is 2.22. The molecule has 1 heterocycles. The highest BCUT2D eigenvalue weighted by Gasteiger charge is 2.03. The Morgan fingerprint density at radius 3 is 3.00 bits per heavy atom. The fourth-order valence-electron chi connectivity index (χ4n) is 1.81. The van der Waals surface area contributed by atoms with Gasteiger partial charge in [-0.15, -0.1) is 0 Å². The van der Waals surface area contributed by atoms with Gasteiger partial charge in [0.15, 0.2) is 5.11 Å². The molecule has 112 valence electrons. The molecule has 0 unspecified atom stereocenters.